The van der Waals surface area contributed by atoms with E-state index in [-0.39, 0.29) is 5.97 Å². The first-order valence-electron chi connectivity index (χ1n) is 11.8. The summed E-state index contributed by atoms with van der Waals surface area (Å²) in [5.74, 6) is -0.232. The maximum Gasteiger partial charge on any atom is 0.500 e. The highest BCUT2D eigenvalue weighted by molar-refractivity contribution is 6.60. The number of hydrogen-bond acceptors (Lipinski definition) is 10. The van der Waals surface area contributed by atoms with E-state index in [0.29, 0.717) is 57.7 Å². The highest BCUT2D eigenvalue weighted by Crippen LogP contribution is 2.18. The Balaban J connectivity index is 2.48. The number of carbonyl (C=O) groups excluding carboxylic acids is 1. The molecule has 0 saturated heterocycles. The predicted octanol–water partition coefficient (Wildman–Crippen LogP) is 2.07. The second-order valence-electron chi connectivity index (χ2n) is 8.05. The highest BCUT2D eigenvalue weighted by atomic mass is 28.4. The zero-order chi connectivity index (χ0) is 26.2. The number of ether oxygens (including phenoxy) is 1. The molecule has 0 unspecified atom stereocenters. The number of rotatable bonds is 20. The Morgan fingerprint density at radius 3 is 1.83 bits per heavy atom. The first-order valence-corrected chi connectivity index (χ1v) is 15.7. The first-order chi connectivity index (χ1) is 16.8. The van der Waals surface area contributed by atoms with Crippen LogP contribution in [0.25, 0.3) is 0 Å². The van der Waals surface area contributed by atoms with Crippen molar-refractivity contribution in [1.82, 2.24) is 4.90 Å². The summed E-state index contributed by atoms with van der Waals surface area (Å²) >= 11 is 0. The van der Waals surface area contributed by atoms with Crippen molar-refractivity contribution in [1.29, 1.82) is 0 Å². The van der Waals surface area contributed by atoms with E-state index in [4.69, 9.17) is 37.0 Å². The number of nitrogens with zero attached hydrogens (tertiary/aromatic N) is 1. The molecule has 1 aromatic carbocycles. The molecule has 0 atom stereocenters. The van der Waals surface area contributed by atoms with Crippen molar-refractivity contribution in [2.45, 2.75) is 37.9 Å². The lowest BCUT2D eigenvalue weighted by Gasteiger charge is -2.24. The van der Waals surface area contributed by atoms with Crippen LogP contribution in [-0.2, 0) is 49.1 Å². The third kappa shape index (κ3) is 11.2. The molecular weight excluding hydrogens is 488 g/mol. The number of aryl methyl sites for hydroxylation is 1. The number of hydrogen-bond donors (Lipinski definition) is 1. The van der Waals surface area contributed by atoms with Crippen LogP contribution >= 0.6 is 0 Å². The smallest absolute Gasteiger partial charge is 0.466 e. The Kier molecular flexibility index (Phi) is 15.7. The lowest BCUT2D eigenvalue weighted by atomic mass is 10.1. The SMILES string of the molecule is CO[Si](CCCOC(=O)CCN(CCN)Cc1ccc(CC[Si](OC)(OC)OC)cc1)(OC)OC. The zero-order valence-corrected chi connectivity index (χ0v) is 24.2. The van der Waals surface area contributed by atoms with Gasteiger partial charge in [-0.05, 0) is 24.0 Å². The van der Waals surface area contributed by atoms with E-state index in [2.05, 4.69) is 29.2 Å². The standard InChI is InChI=1S/C23H44N2O8Si2/c1-27-34(28-2,29-3)18-7-17-33-23(26)12-15-25(16-14-24)20-22-10-8-21(9-11-22)13-19-35(30-4,31-5)32-6/h8-11H,7,12-20,24H2,1-6H3. The molecule has 10 nitrogen and oxygen atoms in total. The van der Waals surface area contributed by atoms with Gasteiger partial charge in [0.2, 0.25) is 0 Å². The van der Waals surface area contributed by atoms with Gasteiger partial charge in [-0.3, -0.25) is 9.69 Å². The number of benzene rings is 1. The minimum Gasteiger partial charge on any atom is -0.466 e. The van der Waals surface area contributed by atoms with Crippen LogP contribution in [0.4, 0.5) is 0 Å². The van der Waals surface area contributed by atoms with Crippen LogP contribution in [0.2, 0.25) is 12.1 Å². The summed E-state index contributed by atoms with van der Waals surface area (Å²) in [4.78, 5) is 14.4. The molecule has 0 aliphatic carbocycles. The van der Waals surface area contributed by atoms with Gasteiger partial charge >= 0.3 is 23.6 Å². The first kappa shape index (κ1) is 31.8. The quantitative estimate of drug-likeness (QED) is 0.152. The average molecular weight is 533 g/mol. The minimum atomic E-state index is -2.64. The molecule has 0 saturated carbocycles. The van der Waals surface area contributed by atoms with Crippen molar-refractivity contribution in [2.24, 2.45) is 5.73 Å². The average Bonchev–Trinajstić information content (AvgIpc) is 2.90. The monoisotopic (exact) mass is 532 g/mol. The zero-order valence-electron chi connectivity index (χ0n) is 22.2. The highest BCUT2D eigenvalue weighted by Gasteiger charge is 2.37. The minimum absolute atomic E-state index is 0.232. The molecule has 0 amide bonds. The van der Waals surface area contributed by atoms with Gasteiger partial charge in [-0.25, -0.2) is 0 Å². The molecule has 1 aromatic rings. The second kappa shape index (κ2) is 17.3. The summed E-state index contributed by atoms with van der Waals surface area (Å²) in [6.07, 6.45) is 1.73. The molecule has 12 heteroatoms. The Morgan fingerprint density at radius 1 is 0.800 bits per heavy atom. The van der Waals surface area contributed by atoms with E-state index in [9.17, 15) is 4.79 Å². The van der Waals surface area contributed by atoms with Crippen molar-refractivity contribution in [2.75, 3.05) is 68.9 Å². The van der Waals surface area contributed by atoms with E-state index in [1.165, 1.54) is 5.56 Å². The topological polar surface area (TPSA) is 111 Å². The molecule has 0 radical (unpaired) electrons. The molecule has 2 N–H and O–H groups in total. The Bertz CT molecular complexity index is 687. The number of nitrogens with two attached hydrogens (primary N) is 1. The van der Waals surface area contributed by atoms with Gasteiger partial charge in [-0.1, -0.05) is 24.3 Å². The summed E-state index contributed by atoms with van der Waals surface area (Å²) in [5.41, 5.74) is 8.14. The second-order valence-corrected chi connectivity index (χ2v) is 14.2. The molecule has 0 bridgehead atoms. The fourth-order valence-corrected chi connectivity index (χ4v) is 7.13. The van der Waals surface area contributed by atoms with E-state index in [0.717, 1.165) is 12.0 Å². The molecule has 0 heterocycles. The van der Waals surface area contributed by atoms with Crippen molar-refractivity contribution in [3.8, 4) is 0 Å². The van der Waals surface area contributed by atoms with Crippen LogP contribution in [0.5, 0.6) is 0 Å². The molecular formula is C23H44N2O8Si2. The van der Waals surface area contributed by atoms with E-state index >= 15 is 0 Å². The maximum atomic E-state index is 12.2. The molecule has 0 aromatic heterocycles. The van der Waals surface area contributed by atoms with Gasteiger partial charge in [0.15, 0.2) is 0 Å². The summed E-state index contributed by atoms with van der Waals surface area (Å²) in [7, 11) is 4.37. The van der Waals surface area contributed by atoms with Crippen molar-refractivity contribution < 1.29 is 36.1 Å². The largest absolute Gasteiger partial charge is 0.500 e. The van der Waals surface area contributed by atoms with Gasteiger partial charge in [0, 0.05) is 80.9 Å². The maximum absolute atomic E-state index is 12.2. The number of esters is 1. The van der Waals surface area contributed by atoms with Gasteiger partial charge in [0.1, 0.15) is 0 Å². The van der Waals surface area contributed by atoms with Crippen LogP contribution in [0.1, 0.15) is 24.0 Å². The van der Waals surface area contributed by atoms with Crippen molar-refractivity contribution in [3.05, 3.63) is 35.4 Å². The fourth-order valence-electron chi connectivity index (χ4n) is 3.73. The molecule has 202 valence electrons. The van der Waals surface area contributed by atoms with Crippen LogP contribution in [-0.4, -0.2) is 97.4 Å². The van der Waals surface area contributed by atoms with E-state index < -0.39 is 17.6 Å². The number of carbonyl (C=O) groups is 1. The summed E-state index contributed by atoms with van der Waals surface area (Å²) < 4.78 is 38.0. The van der Waals surface area contributed by atoms with Gasteiger partial charge in [0.05, 0.1) is 13.0 Å². The predicted molar refractivity (Wildman–Crippen MR) is 138 cm³/mol. The normalized spacial score (nSPS) is 12.3. The van der Waals surface area contributed by atoms with Crippen LogP contribution in [0, 0.1) is 0 Å². The summed E-state index contributed by atoms with van der Waals surface area (Å²) in [6, 6.07) is 9.71. The third-order valence-corrected chi connectivity index (χ3v) is 11.5. The molecule has 1 rings (SSSR count). The van der Waals surface area contributed by atoms with Gasteiger partial charge in [0.25, 0.3) is 0 Å². The van der Waals surface area contributed by atoms with Crippen molar-refractivity contribution in [3.63, 3.8) is 0 Å². The fraction of sp³-hybridized carbons (Fsp3) is 0.696. The molecule has 0 fully saturated rings. The van der Waals surface area contributed by atoms with Crippen LogP contribution < -0.4 is 5.73 Å². The van der Waals surface area contributed by atoms with Gasteiger partial charge in [-0.2, -0.15) is 0 Å². The Labute approximate surface area is 212 Å². The molecule has 0 aliphatic heterocycles. The lowest BCUT2D eigenvalue weighted by Crippen LogP contribution is -2.43. The van der Waals surface area contributed by atoms with Gasteiger partial charge in [-0.15, -0.1) is 0 Å². The lowest BCUT2D eigenvalue weighted by molar-refractivity contribution is -0.144. The Morgan fingerprint density at radius 2 is 1.31 bits per heavy atom. The molecule has 0 aliphatic rings. The Hall–Kier alpha value is -1.20. The molecule has 35 heavy (non-hydrogen) atoms. The van der Waals surface area contributed by atoms with E-state index in [1.807, 2.05) is 0 Å². The van der Waals surface area contributed by atoms with E-state index in [1.54, 1.807) is 42.7 Å². The summed E-state index contributed by atoms with van der Waals surface area (Å²) in [5, 5.41) is 0. The molecule has 0 spiro atoms. The van der Waals surface area contributed by atoms with Crippen LogP contribution in [0.15, 0.2) is 24.3 Å². The van der Waals surface area contributed by atoms with Crippen LogP contribution in [0.3, 0.4) is 0 Å². The van der Waals surface area contributed by atoms with Gasteiger partial charge < -0.3 is 37.0 Å². The third-order valence-electron chi connectivity index (χ3n) is 5.98. The van der Waals surface area contributed by atoms with Crippen molar-refractivity contribution >= 4 is 23.6 Å². The summed E-state index contributed by atoms with van der Waals surface area (Å²) in [6.45, 7) is 2.81.